The maximum Gasteiger partial charge on any atom is 0.150 e. The quantitative estimate of drug-likeness (QED) is 0.695. The molecule has 0 fully saturated rings. The zero-order chi connectivity index (χ0) is 13.6. The van der Waals surface area contributed by atoms with E-state index in [4.69, 9.17) is 11.6 Å². The van der Waals surface area contributed by atoms with E-state index in [0.717, 1.165) is 10.0 Å². The summed E-state index contributed by atoms with van der Waals surface area (Å²) >= 11 is 9.45. The molecule has 2 nitrogen and oxygen atoms in total. The van der Waals surface area contributed by atoms with Crippen molar-refractivity contribution >= 4 is 37.4 Å². The Kier molecular flexibility index (Phi) is 6.67. The Balaban J connectivity index is 2.72. The van der Waals surface area contributed by atoms with Gasteiger partial charge in [-0.2, -0.15) is 0 Å². The van der Waals surface area contributed by atoms with Gasteiger partial charge in [0.1, 0.15) is 9.84 Å². The molecule has 18 heavy (non-hydrogen) atoms. The Morgan fingerprint density at radius 3 is 2.50 bits per heavy atom. The summed E-state index contributed by atoms with van der Waals surface area (Å²) in [6, 6.07) is 7.83. The normalized spacial score (nSPS) is 13.5. The van der Waals surface area contributed by atoms with E-state index in [0.29, 0.717) is 18.7 Å². The van der Waals surface area contributed by atoms with E-state index < -0.39 is 9.84 Å². The molecule has 0 saturated carbocycles. The number of hydrogen-bond acceptors (Lipinski definition) is 2. The molecule has 102 valence electrons. The highest BCUT2D eigenvalue weighted by Crippen LogP contribution is 2.28. The van der Waals surface area contributed by atoms with Crippen molar-refractivity contribution in [3.8, 4) is 0 Å². The summed E-state index contributed by atoms with van der Waals surface area (Å²) in [5.74, 6) is 0.982. The third-order valence-electron chi connectivity index (χ3n) is 2.82. The van der Waals surface area contributed by atoms with Crippen molar-refractivity contribution in [2.45, 2.75) is 25.7 Å². The summed E-state index contributed by atoms with van der Waals surface area (Å²) < 4.78 is 24.4. The lowest BCUT2D eigenvalue weighted by molar-refractivity contribution is 0.587. The van der Waals surface area contributed by atoms with Crippen LogP contribution in [-0.2, 0) is 9.84 Å². The second kappa shape index (κ2) is 7.51. The second-order valence-corrected chi connectivity index (χ2v) is 7.78. The molecule has 0 N–H and O–H groups in total. The highest BCUT2D eigenvalue weighted by Gasteiger charge is 2.17. The summed E-state index contributed by atoms with van der Waals surface area (Å²) in [6.07, 6.45) is 1.25. The first-order valence-electron chi connectivity index (χ1n) is 6.01. The van der Waals surface area contributed by atoms with Crippen LogP contribution in [0.4, 0.5) is 0 Å². The van der Waals surface area contributed by atoms with Gasteiger partial charge in [0, 0.05) is 16.1 Å². The highest BCUT2D eigenvalue weighted by molar-refractivity contribution is 9.10. The highest BCUT2D eigenvalue weighted by atomic mass is 79.9. The molecular weight excluding hydrogens is 336 g/mol. The van der Waals surface area contributed by atoms with Gasteiger partial charge in [-0.1, -0.05) is 41.1 Å². The standard InChI is InChI=1S/C13H18BrClO2S/c1-2-8-18(16,17)9-7-11(10-15)12-5-3-4-6-13(12)14/h3-6,11H,2,7-10H2,1H3. The van der Waals surface area contributed by atoms with Gasteiger partial charge >= 0.3 is 0 Å². The van der Waals surface area contributed by atoms with Gasteiger partial charge in [0.25, 0.3) is 0 Å². The number of sulfone groups is 1. The van der Waals surface area contributed by atoms with Gasteiger partial charge in [-0.3, -0.25) is 0 Å². The zero-order valence-electron chi connectivity index (χ0n) is 10.4. The molecule has 0 amide bonds. The summed E-state index contributed by atoms with van der Waals surface area (Å²) in [6.45, 7) is 1.88. The Bertz CT molecular complexity index is 474. The van der Waals surface area contributed by atoms with Crippen LogP contribution in [0.2, 0.25) is 0 Å². The van der Waals surface area contributed by atoms with Crippen molar-refractivity contribution in [2.75, 3.05) is 17.4 Å². The molecule has 0 aromatic heterocycles. The zero-order valence-corrected chi connectivity index (χ0v) is 13.6. The molecule has 0 heterocycles. The van der Waals surface area contributed by atoms with E-state index in [-0.39, 0.29) is 17.4 Å². The molecule has 0 radical (unpaired) electrons. The average molecular weight is 354 g/mol. The van der Waals surface area contributed by atoms with Crippen molar-refractivity contribution in [1.29, 1.82) is 0 Å². The van der Waals surface area contributed by atoms with Gasteiger partial charge in [-0.25, -0.2) is 8.42 Å². The molecule has 1 unspecified atom stereocenters. The number of alkyl halides is 1. The Labute approximate surface area is 123 Å². The lowest BCUT2D eigenvalue weighted by Crippen LogP contribution is -2.14. The molecule has 0 aliphatic rings. The lowest BCUT2D eigenvalue weighted by atomic mass is 9.99. The fourth-order valence-corrected chi connectivity index (χ4v) is 4.26. The first-order valence-corrected chi connectivity index (χ1v) is 9.16. The Morgan fingerprint density at radius 2 is 1.94 bits per heavy atom. The van der Waals surface area contributed by atoms with Gasteiger partial charge in [0.05, 0.1) is 5.75 Å². The van der Waals surface area contributed by atoms with Crippen molar-refractivity contribution in [1.82, 2.24) is 0 Å². The summed E-state index contributed by atoms with van der Waals surface area (Å²) in [7, 11) is -2.93. The van der Waals surface area contributed by atoms with E-state index in [1.165, 1.54) is 0 Å². The SMILES string of the molecule is CCCS(=O)(=O)CCC(CCl)c1ccccc1Br. The minimum absolute atomic E-state index is 0.0777. The van der Waals surface area contributed by atoms with Crippen LogP contribution in [-0.4, -0.2) is 25.8 Å². The van der Waals surface area contributed by atoms with Crippen LogP contribution in [0.25, 0.3) is 0 Å². The molecule has 1 aromatic rings. The molecule has 1 rings (SSSR count). The topological polar surface area (TPSA) is 34.1 Å². The van der Waals surface area contributed by atoms with Crippen molar-refractivity contribution in [2.24, 2.45) is 0 Å². The predicted molar refractivity (Wildman–Crippen MR) is 81.2 cm³/mol. The third-order valence-corrected chi connectivity index (χ3v) is 5.81. The van der Waals surface area contributed by atoms with Crippen LogP contribution in [0.15, 0.2) is 28.7 Å². The van der Waals surface area contributed by atoms with Crippen LogP contribution in [0.3, 0.4) is 0 Å². The fourth-order valence-electron chi connectivity index (χ4n) is 1.86. The van der Waals surface area contributed by atoms with E-state index in [1.54, 1.807) is 0 Å². The third kappa shape index (κ3) is 4.90. The summed E-state index contributed by atoms with van der Waals surface area (Å²) in [5, 5.41) is 0. The summed E-state index contributed by atoms with van der Waals surface area (Å²) in [5.41, 5.74) is 1.08. The van der Waals surface area contributed by atoms with Crippen molar-refractivity contribution in [3.63, 3.8) is 0 Å². The Morgan fingerprint density at radius 1 is 1.28 bits per heavy atom. The van der Waals surface area contributed by atoms with Crippen LogP contribution in [0, 0.1) is 0 Å². The predicted octanol–water partition coefficient (Wildman–Crippen LogP) is 3.99. The monoisotopic (exact) mass is 352 g/mol. The molecule has 0 saturated heterocycles. The summed E-state index contributed by atoms with van der Waals surface area (Å²) in [4.78, 5) is 0. The van der Waals surface area contributed by atoms with Gasteiger partial charge in [-0.15, -0.1) is 11.6 Å². The number of benzene rings is 1. The largest absolute Gasteiger partial charge is 0.229 e. The van der Waals surface area contributed by atoms with E-state index >= 15 is 0 Å². The van der Waals surface area contributed by atoms with Crippen LogP contribution in [0.5, 0.6) is 0 Å². The Hall–Kier alpha value is -0.0600. The van der Waals surface area contributed by atoms with Gasteiger partial charge in [-0.05, 0) is 30.4 Å². The molecule has 0 spiro atoms. The minimum atomic E-state index is -2.93. The fraction of sp³-hybridized carbons (Fsp3) is 0.538. The van der Waals surface area contributed by atoms with Gasteiger partial charge < -0.3 is 0 Å². The maximum atomic E-state index is 11.7. The molecule has 0 aliphatic heterocycles. The molecular formula is C13H18BrClO2S. The molecule has 1 atom stereocenters. The average Bonchev–Trinajstić information content (AvgIpc) is 2.32. The molecule has 1 aromatic carbocycles. The first-order chi connectivity index (χ1) is 8.50. The van der Waals surface area contributed by atoms with Crippen LogP contribution < -0.4 is 0 Å². The smallest absolute Gasteiger partial charge is 0.150 e. The van der Waals surface area contributed by atoms with E-state index in [2.05, 4.69) is 15.9 Å². The van der Waals surface area contributed by atoms with E-state index in [1.807, 2.05) is 31.2 Å². The van der Waals surface area contributed by atoms with E-state index in [9.17, 15) is 8.42 Å². The van der Waals surface area contributed by atoms with Crippen LogP contribution >= 0.6 is 27.5 Å². The minimum Gasteiger partial charge on any atom is -0.229 e. The lowest BCUT2D eigenvalue weighted by Gasteiger charge is -2.15. The number of halogens is 2. The first kappa shape index (κ1) is 16.0. The second-order valence-electron chi connectivity index (χ2n) is 4.31. The van der Waals surface area contributed by atoms with Crippen LogP contribution in [0.1, 0.15) is 31.2 Å². The maximum absolute atomic E-state index is 11.7. The molecule has 0 aliphatic carbocycles. The van der Waals surface area contributed by atoms with Gasteiger partial charge in [0.2, 0.25) is 0 Å². The number of rotatable bonds is 7. The molecule has 5 heteroatoms. The van der Waals surface area contributed by atoms with Crippen molar-refractivity contribution < 1.29 is 8.42 Å². The van der Waals surface area contributed by atoms with Crippen molar-refractivity contribution in [3.05, 3.63) is 34.3 Å². The molecule has 0 bridgehead atoms. The van der Waals surface area contributed by atoms with Gasteiger partial charge in [0.15, 0.2) is 0 Å². The number of hydrogen-bond donors (Lipinski definition) is 0.